The first kappa shape index (κ1) is 13.5. The predicted molar refractivity (Wildman–Crippen MR) is 71.0 cm³/mol. The van der Waals surface area contributed by atoms with Gasteiger partial charge in [-0.3, -0.25) is 0 Å². The molecule has 2 rings (SSSR count). The number of hydrogen-bond acceptors (Lipinski definition) is 2. The molecule has 100 valence electrons. The maximum absolute atomic E-state index is 13.2. The highest BCUT2D eigenvalue weighted by molar-refractivity contribution is 5.26. The number of benzene rings is 1. The van der Waals surface area contributed by atoms with E-state index in [1.165, 1.54) is 6.07 Å². The summed E-state index contributed by atoms with van der Waals surface area (Å²) in [6.07, 6.45) is 2.24. The van der Waals surface area contributed by atoms with Crippen LogP contribution in [0.4, 0.5) is 4.39 Å². The second-order valence-electron chi connectivity index (χ2n) is 5.19. The second kappa shape index (κ2) is 6.30. The summed E-state index contributed by atoms with van der Waals surface area (Å²) < 4.78 is 18.6. The van der Waals surface area contributed by atoms with Gasteiger partial charge in [0.25, 0.3) is 0 Å². The van der Waals surface area contributed by atoms with Crippen LogP contribution in [0.3, 0.4) is 0 Å². The number of aryl methyl sites for hydroxylation is 1. The fourth-order valence-corrected chi connectivity index (χ4v) is 2.48. The van der Waals surface area contributed by atoms with E-state index >= 15 is 0 Å². The van der Waals surface area contributed by atoms with Gasteiger partial charge in [-0.25, -0.2) is 4.39 Å². The average Bonchev–Trinajstić information content (AvgIpc) is 2.40. The number of nitrogens with one attached hydrogen (secondary N) is 1. The molecule has 1 heterocycles. The number of rotatable bonds is 4. The predicted octanol–water partition coefficient (Wildman–Crippen LogP) is 3.04. The first-order chi connectivity index (χ1) is 8.66. The fourth-order valence-electron chi connectivity index (χ4n) is 2.48. The van der Waals surface area contributed by atoms with Crippen molar-refractivity contribution in [2.45, 2.75) is 39.3 Å². The smallest absolute Gasteiger partial charge is 0.123 e. The Labute approximate surface area is 109 Å². The van der Waals surface area contributed by atoms with Crippen molar-refractivity contribution in [2.24, 2.45) is 5.92 Å². The number of hydrogen-bond donors (Lipinski definition) is 1. The lowest BCUT2D eigenvalue weighted by molar-refractivity contribution is 0.0558. The molecule has 18 heavy (non-hydrogen) atoms. The Morgan fingerprint density at radius 1 is 1.39 bits per heavy atom. The van der Waals surface area contributed by atoms with Crippen molar-refractivity contribution in [3.05, 3.63) is 35.1 Å². The molecule has 0 saturated carbocycles. The van der Waals surface area contributed by atoms with Crippen molar-refractivity contribution in [2.75, 3.05) is 13.2 Å². The third-order valence-electron chi connectivity index (χ3n) is 3.90. The lowest BCUT2D eigenvalue weighted by Gasteiger charge is -2.28. The molecule has 2 nitrogen and oxygen atoms in total. The van der Waals surface area contributed by atoms with Crippen LogP contribution in [0.25, 0.3) is 0 Å². The van der Waals surface area contributed by atoms with Crippen molar-refractivity contribution in [3.8, 4) is 0 Å². The van der Waals surface area contributed by atoms with E-state index in [0.29, 0.717) is 12.0 Å². The standard InChI is InChI=1S/C15H22FNO/c1-11-3-4-15(16)9-14(11)10-17-12(2)13-5-7-18-8-6-13/h3-4,9,12-13,17H,5-8,10H2,1-2H3. The van der Waals surface area contributed by atoms with E-state index in [2.05, 4.69) is 12.2 Å². The van der Waals surface area contributed by atoms with Crippen LogP contribution in [0.5, 0.6) is 0 Å². The van der Waals surface area contributed by atoms with E-state index in [-0.39, 0.29) is 5.82 Å². The molecule has 1 aliphatic heterocycles. The molecule has 1 saturated heterocycles. The fraction of sp³-hybridized carbons (Fsp3) is 0.600. The van der Waals surface area contributed by atoms with Crippen LogP contribution >= 0.6 is 0 Å². The first-order valence-electron chi connectivity index (χ1n) is 6.73. The van der Waals surface area contributed by atoms with Crippen molar-refractivity contribution >= 4 is 0 Å². The minimum Gasteiger partial charge on any atom is -0.381 e. The molecule has 0 aromatic heterocycles. The molecule has 1 fully saturated rings. The van der Waals surface area contributed by atoms with E-state index < -0.39 is 0 Å². The van der Waals surface area contributed by atoms with Gasteiger partial charge >= 0.3 is 0 Å². The van der Waals surface area contributed by atoms with Gasteiger partial charge in [-0.2, -0.15) is 0 Å². The van der Waals surface area contributed by atoms with Crippen LogP contribution in [0.1, 0.15) is 30.9 Å². The largest absolute Gasteiger partial charge is 0.381 e. The van der Waals surface area contributed by atoms with Gasteiger partial charge in [-0.05, 0) is 55.9 Å². The summed E-state index contributed by atoms with van der Waals surface area (Å²) in [5.74, 6) is 0.517. The van der Waals surface area contributed by atoms with Gasteiger partial charge in [-0.1, -0.05) is 6.07 Å². The van der Waals surface area contributed by atoms with Crippen LogP contribution in [0, 0.1) is 18.7 Å². The van der Waals surface area contributed by atoms with Gasteiger partial charge in [0, 0.05) is 25.8 Å². The van der Waals surface area contributed by atoms with Crippen molar-refractivity contribution in [1.82, 2.24) is 5.32 Å². The van der Waals surface area contributed by atoms with Crippen LogP contribution in [0.2, 0.25) is 0 Å². The minimum atomic E-state index is -0.156. The summed E-state index contributed by atoms with van der Waals surface area (Å²) in [6, 6.07) is 5.43. The Balaban J connectivity index is 1.88. The minimum absolute atomic E-state index is 0.156. The van der Waals surface area contributed by atoms with E-state index in [1.54, 1.807) is 6.07 Å². The Morgan fingerprint density at radius 2 is 2.11 bits per heavy atom. The van der Waals surface area contributed by atoms with Gasteiger partial charge in [-0.15, -0.1) is 0 Å². The molecule has 1 N–H and O–H groups in total. The summed E-state index contributed by atoms with van der Waals surface area (Å²) in [5.41, 5.74) is 2.19. The summed E-state index contributed by atoms with van der Waals surface area (Å²) in [6.45, 7) is 6.72. The van der Waals surface area contributed by atoms with Crippen LogP contribution < -0.4 is 5.32 Å². The van der Waals surface area contributed by atoms with E-state index in [4.69, 9.17) is 4.74 Å². The highest BCUT2D eigenvalue weighted by Gasteiger charge is 2.19. The molecule has 3 heteroatoms. The normalized spacial score (nSPS) is 18.8. The molecule has 1 aromatic carbocycles. The highest BCUT2D eigenvalue weighted by atomic mass is 19.1. The summed E-state index contributed by atoms with van der Waals surface area (Å²) in [4.78, 5) is 0. The molecular formula is C15H22FNO. The third-order valence-corrected chi connectivity index (χ3v) is 3.90. The Kier molecular flexibility index (Phi) is 4.72. The Morgan fingerprint density at radius 3 is 2.83 bits per heavy atom. The van der Waals surface area contributed by atoms with E-state index in [9.17, 15) is 4.39 Å². The molecule has 0 spiro atoms. The third kappa shape index (κ3) is 3.53. The molecule has 1 aromatic rings. The van der Waals surface area contributed by atoms with Gasteiger partial charge in [0.2, 0.25) is 0 Å². The van der Waals surface area contributed by atoms with E-state index in [1.807, 2.05) is 13.0 Å². The maximum Gasteiger partial charge on any atom is 0.123 e. The molecule has 1 atom stereocenters. The topological polar surface area (TPSA) is 21.3 Å². The Hall–Kier alpha value is -0.930. The molecule has 1 aliphatic rings. The molecule has 0 bridgehead atoms. The quantitative estimate of drug-likeness (QED) is 0.888. The zero-order chi connectivity index (χ0) is 13.0. The van der Waals surface area contributed by atoms with Crippen LogP contribution in [-0.4, -0.2) is 19.3 Å². The average molecular weight is 251 g/mol. The van der Waals surface area contributed by atoms with E-state index in [0.717, 1.165) is 43.7 Å². The zero-order valence-corrected chi connectivity index (χ0v) is 11.2. The summed E-state index contributed by atoms with van der Waals surface area (Å²) >= 11 is 0. The molecule has 1 unspecified atom stereocenters. The van der Waals surface area contributed by atoms with Gasteiger partial charge in [0.05, 0.1) is 0 Å². The van der Waals surface area contributed by atoms with Gasteiger partial charge < -0.3 is 10.1 Å². The van der Waals surface area contributed by atoms with Crippen molar-refractivity contribution < 1.29 is 9.13 Å². The second-order valence-corrected chi connectivity index (χ2v) is 5.19. The van der Waals surface area contributed by atoms with Gasteiger partial charge in [0.15, 0.2) is 0 Å². The zero-order valence-electron chi connectivity index (χ0n) is 11.2. The molecule has 0 aliphatic carbocycles. The monoisotopic (exact) mass is 251 g/mol. The molecular weight excluding hydrogens is 229 g/mol. The SMILES string of the molecule is Cc1ccc(F)cc1CNC(C)C1CCOCC1. The van der Waals surface area contributed by atoms with Crippen LogP contribution in [-0.2, 0) is 11.3 Å². The van der Waals surface area contributed by atoms with Crippen molar-refractivity contribution in [1.29, 1.82) is 0 Å². The highest BCUT2D eigenvalue weighted by Crippen LogP contribution is 2.19. The van der Waals surface area contributed by atoms with Gasteiger partial charge in [0.1, 0.15) is 5.82 Å². The number of ether oxygens (including phenoxy) is 1. The maximum atomic E-state index is 13.2. The van der Waals surface area contributed by atoms with Crippen molar-refractivity contribution in [3.63, 3.8) is 0 Å². The summed E-state index contributed by atoms with van der Waals surface area (Å²) in [7, 11) is 0. The lowest BCUT2D eigenvalue weighted by Crippen LogP contribution is -2.36. The Bertz CT molecular complexity index is 388. The molecule has 0 amide bonds. The number of halogens is 1. The first-order valence-corrected chi connectivity index (χ1v) is 6.73. The lowest BCUT2D eigenvalue weighted by atomic mass is 9.92. The summed E-state index contributed by atoms with van der Waals surface area (Å²) in [5, 5.41) is 3.51. The van der Waals surface area contributed by atoms with Crippen LogP contribution in [0.15, 0.2) is 18.2 Å². The molecule has 0 radical (unpaired) electrons.